The van der Waals surface area contributed by atoms with Crippen molar-refractivity contribution in [3.8, 4) is 5.75 Å². The Balaban J connectivity index is 1.25. The molecule has 1 heterocycles. The van der Waals surface area contributed by atoms with Gasteiger partial charge < -0.3 is 29.9 Å². The summed E-state index contributed by atoms with van der Waals surface area (Å²) in [5, 5.41) is 40.6. The van der Waals surface area contributed by atoms with E-state index >= 15 is 0 Å². The molecule has 2 aliphatic carbocycles. The molecular formula is C26H31ClO6. The minimum Gasteiger partial charge on any atom is -0.490 e. The molecule has 33 heavy (non-hydrogen) atoms. The summed E-state index contributed by atoms with van der Waals surface area (Å²) in [7, 11) is 0. The van der Waals surface area contributed by atoms with Crippen molar-refractivity contribution in [1.29, 1.82) is 0 Å². The molecule has 4 N–H and O–H groups in total. The molecule has 5 rings (SSSR count). The first-order chi connectivity index (χ1) is 15.9. The van der Waals surface area contributed by atoms with Gasteiger partial charge in [0.25, 0.3) is 0 Å². The molecule has 6 nitrogen and oxygen atoms in total. The zero-order valence-corrected chi connectivity index (χ0v) is 19.2. The van der Waals surface area contributed by atoms with Gasteiger partial charge in [0.05, 0.1) is 12.7 Å². The monoisotopic (exact) mass is 474 g/mol. The number of hydrogen-bond donors (Lipinski definition) is 4. The van der Waals surface area contributed by atoms with Crippen LogP contribution in [0.4, 0.5) is 0 Å². The maximum absolute atomic E-state index is 10.4. The van der Waals surface area contributed by atoms with Gasteiger partial charge in [-0.3, -0.25) is 0 Å². The predicted octanol–water partition coefficient (Wildman–Crippen LogP) is 3.16. The Morgan fingerprint density at radius 2 is 1.70 bits per heavy atom. The molecule has 1 spiro atoms. The molecule has 2 aromatic rings. The van der Waals surface area contributed by atoms with Gasteiger partial charge in [0.1, 0.15) is 36.3 Å². The van der Waals surface area contributed by atoms with Crippen molar-refractivity contribution in [2.24, 2.45) is 5.41 Å². The van der Waals surface area contributed by atoms with Crippen molar-refractivity contribution in [3.05, 3.63) is 64.2 Å². The SMILES string of the molecule is OC[C@H]1OC(c2ccc(Cl)c(Cc3ccc(OC4CC5(CCC5)C4)cc3)c2)[C@H](O)[C@@H](O)[C@@H]1O. The van der Waals surface area contributed by atoms with E-state index in [-0.39, 0.29) is 0 Å². The maximum Gasteiger partial charge on any atom is 0.119 e. The highest BCUT2D eigenvalue weighted by Gasteiger charge is 2.49. The number of halogens is 1. The van der Waals surface area contributed by atoms with Crippen molar-refractivity contribution < 1.29 is 29.9 Å². The summed E-state index contributed by atoms with van der Waals surface area (Å²) >= 11 is 6.44. The van der Waals surface area contributed by atoms with Crippen LogP contribution in [0.3, 0.4) is 0 Å². The van der Waals surface area contributed by atoms with Crippen molar-refractivity contribution in [1.82, 2.24) is 0 Å². The zero-order chi connectivity index (χ0) is 23.2. The van der Waals surface area contributed by atoms with Gasteiger partial charge in [-0.1, -0.05) is 42.3 Å². The van der Waals surface area contributed by atoms with E-state index in [9.17, 15) is 20.4 Å². The van der Waals surface area contributed by atoms with E-state index in [0.717, 1.165) is 16.9 Å². The highest BCUT2D eigenvalue weighted by Crippen LogP contribution is 2.56. The lowest BCUT2D eigenvalue weighted by Crippen LogP contribution is -2.55. The molecule has 7 heteroatoms. The second kappa shape index (κ2) is 9.17. The quantitative estimate of drug-likeness (QED) is 0.513. The van der Waals surface area contributed by atoms with Crippen LogP contribution in [0.25, 0.3) is 0 Å². The van der Waals surface area contributed by atoms with E-state index in [4.69, 9.17) is 21.1 Å². The summed E-state index contributed by atoms with van der Waals surface area (Å²) in [4.78, 5) is 0. The van der Waals surface area contributed by atoms with Gasteiger partial charge >= 0.3 is 0 Å². The largest absolute Gasteiger partial charge is 0.490 e. The number of benzene rings is 2. The first kappa shape index (κ1) is 23.1. The van der Waals surface area contributed by atoms with Gasteiger partial charge in [-0.2, -0.15) is 0 Å². The van der Waals surface area contributed by atoms with Crippen LogP contribution in [-0.2, 0) is 11.2 Å². The summed E-state index contributed by atoms with van der Waals surface area (Å²) in [5.41, 5.74) is 3.14. The van der Waals surface area contributed by atoms with Crippen LogP contribution in [0.1, 0.15) is 54.9 Å². The molecule has 178 valence electrons. The van der Waals surface area contributed by atoms with Crippen LogP contribution in [0.2, 0.25) is 5.02 Å². The summed E-state index contributed by atoms with van der Waals surface area (Å²) < 4.78 is 11.8. The average Bonchev–Trinajstić information content (AvgIpc) is 2.76. The van der Waals surface area contributed by atoms with Gasteiger partial charge in [0, 0.05) is 5.02 Å². The minimum atomic E-state index is -1.41. The smallest absolute Gasteiger partial charge is 0.119 e. The Hall–Kier alpha value is -1.67. The van der Waals surface area contributed by atoms with Gasteiger partial charge in [-0.05, 0) is 72.4 Å². The minimum absolute atomic E-state index is 0.334. The third-order valence-electron chi connectivity index (χ3n) is 7.65. The average molecular weight is 475 g/mol. The molecular weight excluding hydrogens is 444 g/mol. The number of ether oxygens (including phenoxy) is 2. The third kappa shape index (κ3) is 4.53. The standard InChI is InChI=1S/C26H31ClO6/c27-20-7-4-16(25-24(31)23(30)22(29)21(14-28)33-25)11-17(20)10-15-2-5-18(6-3-15)32-19-12-26(13-19)8-1-9-26/h2-7,11,19,21-25,28-31H,1,8-10,12-14H2/t21-,22-,23+,24-,25?/m1/s1. The van der Waals surface area contributed by atoms with Crippen LogP contribution in [0.5, 0.6) is 5.75 Å². The molecule has 0 bridgehead atoms. The fraction of sp³-hybridized carbons (Fsp3) is 0.538. The van der Waals surface area contributed by atoms with E-state index in [1.54, 1.807) is 12.1 Å². The van der Waals surface area contributed by atoms with Crippen molar-refractivity contribution >= 4 is 11.6 Å². The second-order valence-electron chi connectivity index (χ2n) is 9.92. The molecule has 0 radical (unpaired) electrons. The van der Waals surface area contributed by atoms with E-state index in [2.05, 4.69) is 0 Å². The first-order valence-corrected chi connectivity index (χ1v) is 12.1. The maximum atomic E-state index is 10.4. The Labute approximate surface area is 198 Å². The fourth-order valence-corrected chi connectivity index (χ4v) is 5.64. The van der Waals surface area contributed by atoms with Crippen molar-refractivity contribution in [3.63, 3.8) is 0 Å². The normalized spacial score (nSPS) is 31.1. The number of aliphatic hydroxyl groups is 4. The predicted molar refractivity (Wildman–Crippen MR) is 123 cm³/mol. The molecule has 1 aliphatic heterocycles. The van der Waals surface area contributed by atoms with Crippen LogP contribution >= 0.6 is 11.6 Å². The number of rotatable bonds is 6. The highest BCUT2D eigenvalue weighted by atomic mass is 35.5. The topological polar surface area (TPSA) is 99.4 Å². The van der Waals surface area contributed by atoms with Gasteiger partial charge in [-0.25, -0.2) is 0 Å². The first-order valence-electron chi connectivity index (χ1n) is 11.7. The van der Waals surface area contributed by atoms with Crippen LogP contribution in [0.15, 0.2) is 42.5 Å². The number of aliphatic hydroxyl groups excluding tert-OH is 4. The lowest BCUT2D eigenvalue weighted by Gasteiger charge is -2.53. The van der Waals surface area contributed by atoms with Crippen LogP contribution in [-0.4, -0.2) is 57.6 Å². The van der Waals surface area contributed by atoms with E-state index < -0.39 is 37.1 Å². The van der Waals surface area contributed by atoms with Crippen LogP contribution in [0, 0.1) is 5.41 Å². The molecule has 1 saturated heterocycles. The molecule has 0 aromatic heterocycles. The highest BCUT2D eigenvalue weighted by molar-refractivity contribution is 6.31. The lowest BCUT2D eigenvalue weighted by molar-refractivity contribution is -0.231. The fourth-order valence-electron chi connectivity index (χ4n) is 5.46. The summed E-state index contributed by atoms with van der Waals surface area (Å²) in [6, 6.07) is 13.4. The molecule has 0 amide bonds. The Bertz CT molecular complexity index is 965. The summed E-state index contributed by atoms with van der Waals surface area (Å²) in [6.07, 6.45) is 1.39. The van der Waals surface area contributed by atoms with Gasteiger partial charge in [0.2, 0.25) is 0 Å². The summed E-state index contributed by atoms with van der Waals surface area (Å²) in [5.74, 6) is 0.888. The molecule has 3 aliphatic rings. The zero-order valence-electron chi connectivity index (χ0n) is 18.4. The molecule has 2 aromatic carbocycles. The van der Waals surface area contributed by atoms with Gasteiger partial charge in [-0.15, -0.1) is 0 Å². The second-order valence-corrected chi connectivity index (χ2v) is 10.3. The third-order valence-corrected chi connectivity index (χ3v) is 8.02. The Kier molecular flexibility index (Phi) is 6.42. The number of hydrogen-bond acceptors (Lipinski definition) is 6. The molecule has 3 fully saturated rings. The van der Waals surface area contributed by atoms with Gasteiger partial charge in [0.15, 0.2) is 0 Å². The Morgan fingerprint density at radius 1 is 0.970 bits per heavy atom. The summed E-state index contributed by atoms with van der Waals surface area (Å²) in [6.45, 7) is -0.460. The lowest BCUT2D eigenvalue weighted by atomic mass is 9.55. The van der Waals surface area contributed by atoms with Crippen LogP contribution < -0.4 is 4.74 Å². The van der Waals surface area contributed by atoms with E-state index in [1.165, 1.54) is 32.1 Å². The molecule has 1 unspecified atom stereocenters. The molecule has 2 saturated carbocycles. The van der Waals surface area contributed by atoms with Crippen molar-refractivity contribution in [2.45, 2.75) is 75.1 Å². The van der Waals surface area contributed by atoms with E-state index in [1.807, 2.05) is 30.3 Å². The van der Waals surface area contributed by atoms with E-state index in [0.29, 0.717) is 28.5 Å². The Morgan fingerprint density at radius 3 is 2.33 bits per heavy atom. The molecule has 5 atom stereocenters. The van der Waals surface area contributed by atoms with Crippen molar-refractivity contribution in [2.75, 3.05) is 6.61 Å².